The molecule has 0 unspecified atom stereocenters. The lowest BCUT2D eigenvalue weighted by Gasteiger charge is -2.10. The molecule has 0 radical (unpaired) electrons. The van der Waals surface area contributed by atoms with Crippen molar-refractivity contribution in [1.82, 2.24) is 4.98 Å². The molecule has 0 amide bonds. The quantitative estimate of drug-likeness (QED) is 0.544. The number of nitrogens with zero attached hydrogens (tertiary/aromatic N) is 1. The molecule has 19 heavy (non-hydrogen) atoms. The van der Waals surface area contributed by atoms with Gasteiger partial charge >= 0.3 is 0 Å². The van der Waals surface area contributed by atoms with Crippen LogP contribution in [0.4, 0.5) is 5.69 Å². The van der Waals surface area contributed by atoms with Crippen molar-refractivity contribution in [2.75, 3.05) is 4.72 Å². The van der Waals surface area contributed by atoms with E-state index in [-0.39, 0.29) is 10.0 Å². The minimum atomic E-state index is -3.68. The highest BCUT2D eigenvalue weighted by Crippen LogP contribution is 2.27. The van der Waals surface area contributed by atoms with Crippen LogP contribution in [-0.4, -0.2) is 13.4 Å². The van der Waals surface area contributed by atoms with Crippen LogP contribution < -0.4 is 4.72 Å². The molecule has 0 fully saturated rings. The van der Waals surface area contributed by atoms with Gasteiger partial charge in [-0.3, -0.25) is 4.72 Å². The third-order valence-corrected chi connectivity index (χ3v) is 5.08. The third kappa shape index (κ3) is 3.80. The molecular formula is C11H7BrClIN2O2S. The van der Waals surface area contributed by atoms with Gasteiger partial charge in [0.25, 0.3) is 10.0 Å². The van der Waals surface area contributed by atoms with Crippen molar-refractivity contribution in [1.29, 1.82) is 0 Å². The second-order valence-electron chi connectivity index (χ2n) is 3.54. The summed E-state index contributed by atoms with van der Waals surface area (Å²) in [6.07, 6.45) is 1.35. The number of sulfonamides is 1. The Kier molecular flexibility index (Phi) is 4.70. The average Bonchev–Trinajstić information content (AvgIpc) is 2.33. The monoisotopic (exact) mass is 472 g/mol. The summed E-state index contributed by atoms with van der Waals surface area (Å²) < 4.78 is 28.5. The molecule has 0 saturated carbocycles. The molecule has 4 nitrogen and oxygen atoms in total. The molecule has 1 aromatic heterocycles. The summed E-state index contributed by atoms with van der Waals surface area (Å²) in [5.74, 6) is 0. The van der Waals surface area contributed by atoms with Gasteiger partial charge in [-0.25, -0.2) is 13.4 Å². The first-order valence-corrected chi connectivity index (χ1v) is 8.71. The summed E-state index contributed by atoms with van der Waals surface area (Å²) in [4.78, 5) is 3.82. The van der Waals surface area contributed by atoms with E-state index in [2.05, 4.69) is 48.2 Å². The Hall–Kier alpha value is -0.380. The molecule has 8 heteroatoms. The summed E-state index contributed by atoms with van der Waals surface area (Å²) in [6, 6.07) is 7.99. The Morgan fingerprint density at radius 1 is 1.26 bits per heavy atom. The van der Waals surface area contributed by atoms with Crippen molar-refractivity contribution >= 4 is 65.8 Å². The topological polar surface area (TPSA) is 59.1 Å². The fraction of sp³-hybridized carbons (Fsp3) is 0. The van der Waals surface area contributed by atoms with Crippen LogP contribution in [0.25, 0.3) is 0 Å². The van der Waals surface area contributed by atoms with Crippen LogP contribution >= 0.6 is 50.1 Å². The van der Waals surface area contributed by atoms with E-state index < -0.39 is 10.0 Å². The van der Waals surface area contributed by atoms with E-state index in [4.69, 9.17) is 11.6 Å². The maximum absolute atomic E-state index is 12.2. The highest BCUT2D eigenvalue weighted by Gasteiger charge is 2.16. The van der Waals surface area contributed by atoms with E-state index in [1.165, 1.54) is 18.3 Å². The highest BCUT2D eigenvalue weighted by atomic mass is 127. The molecule has 2 rings (SSSR count). The Bertz CT molecular complexity index is 724. The van der Waals surface area contributed by atoms with Gasteiger partial charge in [-0.1, -0.05) is 11.6 Å². The first kappa shape index (κ1) is 15.0. The molecule has 0 atom stereocenters. The lowest BCUT2D eigenvalue weighted by molar-refractivity contribution is 0.601. The van der Waals surface area contributed by atoms with Crippen molar-refractivity contribution in [3.8, 4) is 0 Å². The van der Waals surface area contributed by atoms with Crippen LogP contribution in [0.2, 0.25) is 5.15 Å². The standard InChI is InChI=1S/C11H7BrClIN2O2S/c12-9-5-7(14)1-2-10(9)16-19(17,18)8-3-4-15-11(13)6-8/h1-6,16H. The van der Waals surface area contributed by atoms with Crippen molar-refractivity contribution in [3.05, 3.63) is 49.7 Å². The lowest BCUT2D eigenvalue weighted by Crippen LogP contribution is -2.13. The molecule has 1 aromatic carbocycles. The summed E-state index contributed by atoms with van der Waals surface area (Å²) in [7, 11) is -3.68. The second kappa shape index (κ2) is 5.94. The Balaban J connectivity index is 2.36. The fourth-order valence-corrected chi connectivity index (χ4v) is 4.19. The number of hydrogen-bond donors (Lipinski definition) is 1. The van der Waals surface area contributed by atoms with E-state index in [1.807, 2.05) is 12.1 Å². The molecule has 0 saturated heterocycles. The number of pyridine rings is 1. The van der Waals surface area contributed by atoms with Gasteiger partial charge in [0, 0.05) is 14.2 Å². The van der Waals surface area contributed by atoms with Crippen molar-refractivity contribution < 1.29 is 8.42 Å². The number of rotatable bonds is 3. The molecule has 0 aliphatic carbocycles. The van der Waals surface area contributed by atoms with Crippen LogP contribution in [0.3, 0.4) is 0 Å². The molecule has 0 aliphatic heterocycles. The first-order chi connectivity index (χ1) is 8.88. The van der Waals surface area contributed by atoms with Gasteiger partial charge in [-0.05, 0) is 68.9 Å². The lowest BCUT2D eigenvalue weighted by atomic mass is 10.3. The zero-order valence-corrected chi connectivity index (χ0v) is 14.6. The zero-order valence-electron chi connectivity index (χ0n) is 9.27. The molecule has 0 spiro atoms. The van der Waals surface area contributed by atoms with Crippen LogP contribution in [0.15, 0.2) is 45.9 Å². The smallest absolute Gasteiger partial charge is 0.262 e. The Morgan fingerprint density at radius 3 is 2.63 bits per heavy atom. The predicted octanol–water partition coefficient (Wildman–Crippen LogP) is 3.90. The summed E-state index contributed by atoms with van der Waals surface area (Å²) in [5.41, 5.74) is 0.466. The molecule has 100 valence electrons. The summed E-state index contributed by atoms with van der Waals surface area (Å²) >= 11 is 11.2. The van der Waals surface area contributed by atoms with E-state index >= 15 is 0 Å². The van der Waals surface area contributed by atoms with E-state index in [1.54, 1.807) is 6.07 Å². The molecule has 0 aliphatic rings. The highest BCUT2D eigenvalue weighted by molar-refractivity contribution is 14.1. The van der Waals surface area contributed by atoms with Crippen LogP contribution in [-0.2, 0) is 10.0 Å². The minimum Gasteiger partial charge on any atom is -0.278 e. The number of halogens is 3. The van der Waals surface area contributed by atoms with Gasteiger partial charge in [0.2, 0.25) is 0 Å². The first-order valence-electron chi connectivity index (χ1n) is 4.98. The second-order valence-corrected chi connectivity index (χ2v) is 7.71. The van der Waals surface area contributed by atoms with Crippen molar-refractivity contribution in [2.24, 2.45) is 0 Å². The van der Waals surface area contributed by atoms with Gasteiger partial charge in [0.05, 0.1) is 10.6 Å². The summed E-state index contributed by atoms with van der Waals surface area (Å²) in [5, 5.41) is 0.129. The summed E-state index contributed by atoms with van der Waals surface area (Å²) in [6.45, 7) is 0. The van der Waals surface area contributed by atoms with E-state index in [0.29, 0.717) is 10.2 Å². The van der Waals surface area contributed by atoms with E-state index in [0.717, 1.165) is 3.57 Å². The maximum atomic E-state index is 12.2. The Labute approximate surface area is 137 Å². The maximum Gasteiger partial charge on any atom is 0.262 e. The van der Waals surface area contributed by atoms with Gasteiger partial charge in [0.15, 0.2) is 0 Å². The number of anilines is 1. The van der Waals surface area contributed by atoms with Crippen LogP contribution in [0.1, 0.15) is 0 Å². The normalized spacial score (nSPS) is 11.3. The van der Waals surface area contributed by atoms with Gasteiger partial charge in [-0.2, -0.15) is 0 Å². The number of aromatic nitrogens is 1. The van der Waals surface area contributed by atoms with Crippen molar-refractivity contribution in [3.63, 3.8) is 0 Å². The predicted molar refractivity (Wildman–Crippen MR) is 86.9 cm³/mol. The number of nitrogens with one attached hydrogen (secondary N) is 1. The molecule has 1 heterocycles. The minimum absolute atomic E-state index is 0.0675. The third-order valence-electron chi connectivity index (χ3n) is 2.18. The Morgan fingerprint density at radius 2 is 2.00 bits per heavy atom. The molecule has 0 bridgehead atoms. The average molecular weight is 474 g/mol. The largest absolute Gasteiger partial charge is 0.278 e. The fourth-order valence-electron chi connectivity index (χ4n) is 1.33. The van der Waals surface area contributed by atoms with Crippen LogP contribution in [0.5, 0.6) is 0 Å². The van der Waals surface area contributed by atoms with Gasteiger partial charge < -0.3 is 0 Å². The zero-order chi connectivity index (χ0) is 14.0. The van der Waals surface area contributed by atoms with Gasteiger partial charge in [-0.15, -0.1) is 0 Å². The molecular weight excluding hydrogens is 466 g/mol. The molecule has 1 N–H and O–H groups in total. The van der Waals surface area contributed by atoms with E-state index in [9.17, 15) is 8.42 Å². The number of benzene rings is 1. The SMILES string of the molecule is O=S(=O)(Nc1ccc(I)cc1Br)c1ccnc(Cl)c1. The van der Waals surface area contributed by atoms with Gasteiger partial charge in [0.1, 0.15) is 5.15 Å². The number of hydrogen-bond acceptors (Lipinski definition) is 3. The van der Waals surface area contributed by atoms with Crippen molar-refractivity contribution in [2.45, 2.75) is 4.90 Å². The molecule has 2 aromatic rings. The van der Waals surface area contributed by atoms with Crippen LogP contribution in [0, 0.1) is 3.57 Å².